The van der Waals surface area contributed by atoms with Crippen molar-refractivity contribution < 1.29 is 4.79 Å². The van der Waals surface area contributed by atoms with Gasteiger partial charge < -0.3 is 11.1 Å². The third kappa shape index (κ3) is 3.85. The number of aryl methyl sites for hydroxylation is 2. The Kier molecular flexibility index (Phi) is 4.18. The van der Waals surface area contributed by atoms with E-state index in [-0.39, 0.29) is 5.91 Å². The third-order valence-electron chi connectivity index (χ3n) is 3.08. The number of carbonyl (C=O) groups is 1. The van der Waals surface area contributed by atoms with Crippen molar-refractivity contribution in [2.24, 2.45) is 0 Å². The number of hydrogen-bond acceptors (Lipinski definition) is 2. The molecule has 0 saturated heterocycles. The fourth-order valence-corrected chi connectivity index (χ4v) is 1.93. The molecule has 0 fully saturated rings. The number of rotatable bonds is 4. The highest BCUT2D eigenvalue weighted by Crippen LogP contribution is 2.13. The zero-order chi connectivity index (χ0) is 13.7. The van der Waals surface area contributed by atoms with Gasteiger partial charge in [0, 0.05) is 17.8 Å². The van der Waals surface area contributed by atoms with Gasteiger partial charge in [-0.1, -0.05) is 24.3 Å². The highest BCUT2D eigenvalue weighted by Gasteiger charge is 2.04. The van der Waals surface area contributed by atoms with Crippen LogP contribution in [0.15, 0.2) is 48.5 Å². The summed E-state index contributed by atoms with van der Waals surface area (Å²) in [5.41, 5.74) is 9.51. The van der Waals surface area contributed by atoms with Gasteiger partial charge in [-0.15, -0.1) is 0 Å². The van der Waals surface area contributed by atoms with Gasteiger partial charge in [-0.2, -0.15) is 0 Å². The van der Waals surface area contributed by atoms with Crippen LogP contribution in [0.1, 0.15) is 17.5 Å². The Morgan fingerprint density at radius 3 is 2.47 bits per heavy atom. The number of hydrogen-bond donors (Lipinski definition) is 2. The second-order valence-corrected chi connectivity index (χ2v) is 4.60. The zero-order valence-electron chi connectivity index (χ0n) is 11.0. The van der Waals surface area contributed by atoms with Crippen LogP contribution in [0.25, 0.3) is 0 Å². The highest BCUT2D eigenvalue weighted by molar-refractivity contribution is 5.91. The average molecular weight is 254 g/mol. The monoisotopic (exact) mass is 254 g/mol. The van der Waals surface area contributed by atoms with Crippen LogP contribution >= 0.6 is 0 Å². The van der Waals surface area contributed by atoms with Gasteiger partial charge in [0.05, 0.1) is 0 Å². The first-order chi connectivity index (χ1) is 9.15. The average Bonchev–Trinajstić information content (AvgIpc) is 2.40. The van der Waals surface area contributed by atoms with Crippen LogP contribution in [-0.2, 0) is 11.2 Å². The first-order valence-electron chi connectivity index (χ1n) is 6.35. The first kappa shape index (κ1) is 13.1. The summed E-state index contributed by atoms with van der Waals surface area (Å²) in [6.07, 6.45) is 1.24. The van der Waals surface area contributed by atoms with Crippen LogP contribution in [0, 0.1) is 6.92 Å². The van der Waals surface area contributed by atoms with Crippen molar-refractivity contribution in [3.8, 4) is 0 Å². The van der Waals surface area contributed by atoms with Crippen molar-refractivity contribution >= 4 is 17.3 Å². The minimum atomic E-state index is 0.0213. The number of nitrogens with one attached hydrogen (secondary N) is 1. The Morgan fingerprint density at radius 1 is 1.11 bits per heavy atom. The van der Waals surface area contributed by atoms with E-state index in [0.29, 0.717) is 12.1 Å². The van der Waals surface area contributed by atoms with E-state index in [9.17, 15) is 4.79 Å². The number of benzene rings is 2. The SMILES string of the molecule is Cc1ccccc1CCC(=O)Nc1ccc(N)cc1. The van der Waals surface area contributed by atoms with Crippen LogP contribution in [0.3, 0.4) is 0 Å². The Morgan fingerprint density at radius 2 is 1.79 bits per heavy atom. The molecule has 3 heteroatoms. The molecule has 0 atom stereocenters. The second kappa shape index (κ2) is 6.05. The molecule has 0 saturated carbocycles. The largest absolute Gasteiger partial charge is 0.399 e. The molecule has 0 aliphatic rings. The van der Waals surface area contributed by atoms with Crippen LogP contribution in [0.5, 0.6) is 0 Å². The van der Waals surface area contributed by atoms with Crippen molar-refractivity contribution in [1.29, 1.82) is 0 Å². The van der Waals surface area contributed by atoms with Gasteiger partial charge in [0.25, 0.3) is 0 Å². The molecule has 1 amide bonds. The molecule has 98 valence electrons. The van der Waals surface area contributed by atoms with E-state index in [4.69, 9.17) is 5.73 Å². The Labute approximate surface area is 113 Å². The zero-order valence-corrected chi connectivity index (χ0v) is 11.0. The molecule has 0 bridgehead atoms. The quantitative estimate of drug-likeness (QED) is 0.823. The number of carbonyl (C=O) groups excluding carboxylic acids is 1. The summed E-state index contributed by atoms with van der Waals surface area (Å²) in [5.74, 6) is 0.0213. The van der Waals surface area contributed by atoms with Gasteiger partial charge in [-0.05, 0) is 48.7 Å². The Balaban J connectivity index is 1.88. The van der Waals surface area contributed by atoms with Crippen molar-refractivity contribution in [3.63, 3.8) is 0 Å². The number of nitrogens with two attached hydrogens (primary N) is 1. The molecule has 0 heterocycles. The molecule has 3 nitrogen and oxygen atoms in total. The van der Waals surface area contributed by atoms with Crippen LogP contribution < -0.4 is 11.1 Å². The lowest BCUT2D eigenvalue weighted by Crippen LogP contribution is -2.12. The minimum Gasteiger partial charge on any atom is -0.399 e. The van der Waals surface area contributed by atoms with Gasteiger partial charge in [0.15, 0.2) is 0 Å². The predicted octanol–water partition coefficient (Wildman–Crippen LogP) is 3.15. The summed E-state index contributed by atoms with van der Waals surface area (Å²) in [4.78, 5) is 11.8. The molecule has 19 heavy (non-hydrogen) atoms. The molecule has 2 rings (SSSR count). The van der Waals surface area contributed by atoms with E-state index >= 15 is 0 Å². The number of nitrogen functional groups attached to an aromatic ring is 1. The van der Waals surface area contributed by atoms with E-state index in [2.05, 4.69) is 24.4 Å². The summed E-state index contributed by atoms with van der Waals surface area (Å²) >= 11 is 0. The third-order valence-corrected chi connectivity index (χ3v) is 3.08. The van der Waals surface area contributed by atoms with Gasteiger partial charge >= 0.3 is 0 Å². The molecule has 0 aliphatic carbocycles. The molecule has 0 spiro atoms. The van der Waals surface area contributed by atoms with E-state index < -0.39 is 0 Å². The molecule has 3 N–H and O–H groups in total. The molecular weight excluding hydrogens is 236 g/mol. The lowest BCUT2D eigenvalue weighted by Gasteiger charge is -2.07. The normalized spacial score (nSPS) is 10.2. The van der Waals surface area contributed by atoms with E-state index in [1.165, 1.54) is 11.1 Å². The summed E-state index contributed by atoms with van der Waals surface area (Å²) < 4.78 is 0. The standard InChI is InChI=1S/C16H18N2O/c1-12-4-2-3-5-13(12)6-11-16(19)18-15-9-7-14(17)8-10-15/h2-5,7-10H,6,11,17H2,1H3,(H,18,19). The minimum absolute atomic E-state index is 0.0213. The van der Waals surface area contributed by atoms with Crippen molar-refractivity contribution in [2.45, 2.75) is 19.8 Å². The smallest absolute Gasteiger partial charge is 0.224 e. The molecule has 0 aliphatic heterocycles. The molecule has 0 aromatic heterocycles. The molecule has 2 aromatic rings. The Bertz CT molecular complexity index is 561. The highest BCUT2D eigenvalue weighted by atomic mass is 16.1. The first-order valence-corrected chi connectivity index (χ1v) is 6.35. The van der Waals surface area contributed by atoms with E-state index in [1.807, 2.05) is 12.1 Å². The van der Waals surface area contributed by atoms with Gasteiger partial charge in [0.1, 0.15) is 0 Å². The van der Waals surface area contributed by atoms with Gasteiger partial charge in [0.2, 0.25) is 5.91 Å². The van der Waals surface area contributed by atoms with Crippen LogP contribution in [0.2, 0.25) is 0 Å². The predicted molar refractivity (Wildman–Crippen MR) is 79.0 cm³/mol. The summed E-state index contributed by atoms with van der Waals surface area (Å²) in [6.45, 7) is 2.06. The van der Waals surface area contributed by atoms with Crippen molar-refractivity contribution in [1.82, 2.24) is 0 Å². The van der Waals surface area contributed by atoms with E-state index in [0.717, 1.165) is 12.1 Å². The number of anilines is 2. The van der Waals surface area contributed by atoms with Crippen molar-refractivity contribution in [3.05, 3.63) is 59.7 Å². The van der Waals surface area contributed by atoms with Gasteiger partial charge in [-0.3, -0.25) is 4.79 Å². The number of amides is 1. The summed E-state index contributed by atoms with van der Waals surface area (Å²) in [6, 6.07) is 15.3. The lowest BCUT2D eigenvalue weighted by atomic mass is 10.0. The maximum Gasteiger partial charge on any atom is 0.224 e. The molecule has 0 radical (unpaired) electrons. The molecule has 0 unspecified atom stereocenters. The maximum absolute atomic E-state index is 11.8. The topological polar surface area (TPSA) is 55.1 Å². The lowest BCUT2D eigenvalue weighted by molar-refractivity contribution is -0.116. The van der Waals surface area contributed by atoms with E-state index in [1.54, 1.807) is 24.3 Å². The fraction of sp³-hybridized carbons (Fsp3) is 0.188. The Hall–Kier alpha value is -2.29. The fourth-order valence-electron chi connectivity index (χ4n) is 1.93. The molecular formula is C16H18N2O. The van der Waals surface area contributed by atoms with Crippen molar-refractivity contribution in [2.75, 3.05) is 11.1 Å². The van der Waals surface area contributed by atoms with Gasteiger partial charge in [-0.25, -0.2) is 0 Å². The summed E-state index contributed by atoms with van der Waals surface area (Å²) in [7, 11) is 0. The second-order valence-electron chi connectivity index (χ2n) is 4.60. The van der Waals surface area contributed by atoms with Crippen LogP contribution in [0.4, 0.5) is 11.4 Å². The molecule has 2 aromatic carbocycles. The summed E-state index contributed by atoms with van der Waals surface area (Å²) in [5, 5.41) is 2.86. The maximum atomic E-state index is 11.8. The van der Waals surface area contributed by atoms with Crippen LogP contribution in [-0.4, -0.2) is 5.91 Å².